The number of nitrogens with one attached hydrogen (secondary N) is 2. The van der Waals surface area contributed by atoms with Crippen molar-refractivity contribution in [3.63, 3.8) is 0 Å². The molecule has 2 amide bonds. The normalized spacial score (nSPS) is 10.7. The Morgan fingerprint density at radius 3 is 2.48 bits per heavy atom. The Kier molecular flexibility index (Phi) is 7.26. The third-order valence-corrected chi connectivity index (χ3v) is 5.88. The molecule has 0 saturated carbocycles. The van der Waals surface area contributed by atoms with Crippen molar-refractivity contribution in [1.82, 2.24) is 20.4 Å². The lowest BCUT2D eigenvalue weighted by atomic mass is 10.1. The van der Waals surface area contributed by atoms with Gasteiger partial charge in [-0.25, -0.2) is 9.07 Å². The first kappa shape index (κ1) is 22.4. The average molecular weight is 463 g/mol. The molecule has 0 bridgehead atoms. The zero-order chi connectivity index (χ0) is 23.0. The lowest BCUT2D eigenvalue weighted by Crippen LogP contribution is -2.27. The highest BCUT2D eigenvalue weighted by Crippen LogP contribution is 2.24. The topological polar surface area (TPSA) is 76.0 Å². The number of hydrogen-bond acceptors (Lipinski definition) is 4. The number of carbonyl (C=O) groups excluding carboxylic acids is 2. The molecule has 0 atom stereocenters. The molecule has 2 aromatic carbocycles. The predicted molar refractivity (Wildman–Crippen MR) is 127 cm³/mol. The molecular formula is C25H23FN4O2S. The van der Waals surface area contributed by atoms with Gasteiger partial charge >= 0.3 is 0 Å². The maximum absolute atomic E-state index is 13.4. The molecule has 2 aromatic heterocycles. The number of thiophene rings is 1. The Morgan fingerprint density at radius 2 is 1.76 bits per heavy atom. The van der Waals surface area contributed by atoms with Gasteiger partial charge in [0.15, 0.2) is 0 Å². The van der Waals surface area contributed by atoms with Crippen LogP contribution in [0.4, 0.5) is 4.39 Å². The van der Waals surface area contributed by atoms with Crippen LogP contribution >= 0.6 is 11.3 Å². The summed E-state index contributed by atoms with van der Waals surface area (Å²) >= 11 is 1.38. The van der Waals surface area contributed by atoms with Gasteiger partial charge in [-0.15, -0.1) is 11.3 Å². The van der Waals surface area contributed by atoms with E-state index >= 15 is 0 Å². The summed E-state index contributed by atoms with van der Waals surface area (Å²) in [6.07, 6.45) is 2.70. The van der Waals surface area contributed by atoms with Crippen molar-refractivity contribution in [3.8, 4) is 16.9 Å². The van der Waals surface area contributed by atoms with E-state index in [2.05, 4.69) is 15.7 Å². The largest absolute Gasteiger partial charge is 0.352 e. The van der Waals surface area contributed by atoms with Crippen LogP contribution in [0.5, 0.6) is 0 Å². The van der Waals surface area contributed by atoms with Crippen LogP contribution in [0.25, 0.3) is 16.9 Å². The second kappa shape index (κ2) is 10.7. The van der Waals surface area contributed by atoms with Crippen LogP contribution < -0.4 is 10.6 Å². The zero-order valence-electron chi connectivity index (χ0n) is 17.8. The molecular weight excluding hydrogens is 439 g/mol. The van der Waals surface area contributed by atoms with Gasteiger partial charge in [0.05, 0.1) is 16.3 Å². The van der Waals surface area contributed by atoms with E-state index in [-0.39, 0.29) is 17.6 Å². The summed E-state index contributed by atoms with van der Waals surface area (Å²) < 4.78 is 15.1. The van der Waals surface area contributed by atoms with Gasteiger partial charge in [-0.05, 0) is 54.3 Å². The quantitative estimate of drug-likeness (QED) is 0.358. The summed E-state index contributed by atoms with van der Waals surface area (Å²) in [6.45, 7) is 0.719. The highest BCUT2D eigenvalue weighted by Gasteiger charge is 2.14. The first-order chi connectivity index (χ1) is 16.1. The molecule has 0 aliphatic carbocycles. The fourth-order valence-electron chi connectivity index (χ4n) is 3.33. The van der Waals surface area contributed by atoms with Gasteiger partial charge in [0.25, 0.3) is 5.91 Å². The molecule has 0 radical (unpaired) electrons. The van der Waals surface area contributed by atoms with Gasteiger partial charge < -0.3 is 10.6 Å². The van der Waals surface area contributed by atoms with Gasteiger partial charge in [-0.1, -0.05) is 24.3 Å². The van der Waals surface area contributed by atoms with Crippen LogP contribution in [0, 0.1) is 5.82 Å². The molecule has 2 heterocycles. The summed E-state index contributed by atoms with van der Waals surface area (Å²) in [5.41, 5.74) is 3.17. The van der Waals surface area contributed by atoms with Crippen molar-refractivity contribution in [1.29, 1.82) is 0 Å². The molecule has 0 fully saturated rings. The van der Waals surface area contributed by atoms with Crippen LogP contribution in [0.2, 0.25) is 0 Å². The first-order valence-corrected chi connectivity index (χ1v) is 11.5. The second-order valence-electron chi connectivity index (χ2n) is 7.40. The maximum Gasteiger partial charge on any atom is 0.261 e. The highest BCUT2D eigenvalue weighted by molar-refractivity contribution is 7.12. The Balaban J connectivity index is 1.37. The highest BCUT2D eigenvalue weighted by atomic mass is 32.1. The predicted octanol–water partition coefficient (Wildman–Crippen LogP) is 4.57. The van der Waals surface area contributed by atoms with E-state index in [1.54, 1.807) is 22.9 Å². The molecule has 33 heavy (non-hydrogen) atoms. The van der Waals surface area contributed by atoms with Gasteiger partial charge in [0.2, 0.25) is 5.91 Å². The summed E-state index contributed by atoms with van der Waals surface area (Å²) in [4.78, 5) is 25.0. The van der Waals surface area contributed by atoms with Gasteiger partial charge in [-0.3, -0.25) is 9.59 Å². The summed E-state index contributed by atoms with van der Waals surface area (Å²) in [6, 6.07) is 19.4. The van der Waals surface area contributed by atoms with Gasteiger partial charge in [0.1, 0.15) is 5.82 Å². The summed E-state index contributed by atoms with van der Waals surface area (Å²) in [5.74, 6) is -0.553. The minimum atomic E-state index is -0.317. The Hall–Kier alpha value is -3.78. The molecule has 0 unspecified atom stereocenters. The number of benzene rings is 2. The molecule has 6 nitrogen and oxygen atoms in total. The lowest BCUT2D eigenvalue weighted by molar-refractivity contribution is -0.121. The van der Waals surface area contributed by atoms with E-state index < -0.39 is 0 Å². The molecule has 4 rings (SSSR count). The monoisotopic (exact) mass is 462 g/mol. The van der Waals surface area contributed by atoms with E-state index in [1.807, 2.05) is 48.0 Å². The molecule has 0 saturated heterocycles. The van der Waals surface area contributed by atoms with Crippen LogP contribution in [0.1, 0.15) is 28.1 Å². The van der Waals surface area contributed by atoms with Crippen LogP contribution in [-0.4, -0.2) is 28.1 Å². The summed E-state index contributed by atoms with van der Waals surface area (Å²) in [5, 5.41) is 12.3. The molecule has 0 aliphatic heterocycles. The van der Waals surface area contributed by atoms with Crippen LogP contribution in [-0.2, 0) is 11.3 Å². The number of rotatable bonds is 9. The SMILES string of the molecule is O=C(CCCNC(=O)c1cccs1)NCc1cn(-c2ccccc2)nc1-c1ccc(F)cc1. The minimum absolute atomic E-state index is 0.113. The van der Waals surface area contributed by atoms with E-state index in [4.69, 9.17) is 0 Å². The number of nitrogens with zero attached hydrogens (tertiary/aromatic N) is 2. The number of carbonyl (C=O) groups is 2. The smallest absolute Gasteiger partial charge is 0.261 e. The number of amides is 2. The van der Waals surface area contributed by atoms with Crippen molar-refractivity contribution in [3.05, 3.63) is 94.6 Å². The van der Waals surface area contributed by atoms with Crippen LogP contribution in [0.3, 0.4) is 0 Å². The summed E-state index contributed by atoms with van der Waals surface area (Å²) in [7, 11) is 0. The van der Waals surface area contributed by atoms with Crippen molar-refractivity contribution >= 4 is 23.2 Å². The van der Waals surface area contributed by atoms with Crippen molar-refractivity contribution in [2.24, 2.45) is 0 Å². The number of halogens is 1. The average Bonchev–Trinajstić information content (AvgIpc) is 3.52. The number of hydrogen-bond donors (Lipinski definition) is 2. The van der Waals surface area contributed by atoms with Crippen molar-refractivity contribution in [2.75, 3.05) is 6.54 Å². The third kappa shape index (κ3) is 5.93. The van der Waals surface area contributed by atoms with Gasteiger partial charge in [0, 0.05) is 36.8 Å². The molecule has 168 valence electrons. The van der Waals surface area contributed by atoms with Crippen molar-refractivity contribution < 1.29 is 14.0 Å². The van der Waals surface area contributed by atoms with Crippen molar-refractivity contribution in [2.45, 2.75) is 19.4 Å². The first-order valence-electron chi connectivity index (χ1n) is 10.6. The molecule has 0 spiro atoms. The fourth-order valence-corrected chi connectivity index (χ4v) is 3.97. The third-order valence-electron chi connectivity index (χ3n) is 5.02. The van der Waals surface area contributed by atoms with E-state index in [9.17, 15) is 14.0 Å². The number of para-hydroxylation sites is 1. The standard InChI is InChI=1S/C25H23FN4O2S/c26-20-12-10-18(11-13-20)24-19(17-30(29-24)21-6-2-1-3-7-21)16-28-23(31)9-4-14-27-25(32)22-8-5-15-33-22/h1-3,5-8,10-13,15,17H,4,9,14,16H2,(H,27,32)(H,28,31). The Morgan fingerprint density at radius 1 is 0.970 bits per heavy atom. The molecule has 8 heteroatoms. The van der Waals surface area contributed by atoms with E-state index in [0.29, 0.717) is 36.5 Å². The Labute approximate surface area is 195 Å². The maximum atomic E-state index is 13.4. The fraction of sp³-hybridized carbons (Fsp3) is 0.160. The molecule has 0 aliphatic rings. The zero-order valence-corrected chi connectivity index (χ0v) is 18.6. The minimum Gasteiger partial charge on any atom is -0.352 e. The molecule has 2 N–H and O–H groups in total. The van der Waals surface area contributed by atoms with E-state index in [1.165, 1.54) is 23.5 Å². The van der Waals surface area contributed by atoms with E-state index in [0.717, 1.165) is 16.8 Å². The number of aromatic nitrogens is 2. The second-order valence-corrected chi connectivity index (χ2v) is 8.35. The Bertz CT molecular complexity index is 1210. The molecule has 4 aromatic rings. The van der Waals surface area contributed by atoms with Crippen LogP contribution in [0.15, 0.2) is 78.3 Å². The lowest BCUT2D eigenvalue weighted by Gasteiger charge is -2.07. The van der Waals surface area contributed by atoms with Gasteiger partial charge in [-0.2, -0.15) is 5.10 Å².